The predicted molar refractivity (Wildman–Crippen MR) is 59.2 cm³/mol. The van der Waals surface area contributed by atoms with E-state index < -0.39 is 6.10 Å². The number of anilines is 1. The third-order valence-electron chi connectivity index (χ3n) is 2.63. The van der Waals surface area contributed by atoms with Crippen LogP contribution in [-0.2, 0) is 4.79 Å². The highest BCUT2D eigenvalue weighted by molar-refractivity contribution is 6.31. The summed E-state index contributed by atoms with van der Waals surface area (Å²) in [5, 5.41) is 10.0. The van der Waals surface area contributed by atoms with Crippen molar-refractivity contribution in [1.82, 2.24) is 0 Å². The Balaban J connectivity index is 2.38. The molecule has 15 heavy (non-hydrogen) atoms. The van der Waals surface area contributed by atoms with Crippen LogP contribution in [0, 0.1) is 6.92 Å². The Morgan fingerprint density at radius 1 is 1.53 bits per heavy atom. The van der Waals surface area contributed by atoms with E-state index in [4.69, 9.17) is 11.6 Å². The molecule has 1 heterocycles. The zero-order valence-electron chi connectivity index (χ0n) is 8.40. The van der Waals surface area contributed by atoms with Crippen LogP contribution in [0.1, 0.15) is 12.0 Å². The van der Waals surface area contributed by atoms with E-state index in [0.29, 0.717) is 11.6 Å². The lowest BCUT2D eigenvalue weighted by Gasteiger charge is -2.18. The lowest BCUT2D eigenvalue weighted by molar-refractivity contribution is -0.117. The van der Waals surface area contributed by atoms with Crippen LogP contribution >= 0.6 is 11.6 Å². The summed E-state index contributed by atoms with van der Waals surface area (Å²) in [5.41, 5.74) is 1.67. The lowest BCUT2D eigenvalue weighted by Crippen LogP contribution is -2.25. The zero-order valence-corrected chi connectivity index (χ0v) is 9.16. The predicted octanol–water partition coefficient (Wildman–Crippen LogP) is 1.75. The van der Waals surface area contributed by atoms with Gasteiger partial charge >= 0.3 is 0 Å². The van der Waals surface area contributed by atoms with E-state index in [-0.39, 0.29) is 12.3 Å². The van der Waals surface area contributed by atoms with Crippen molar-refractivity contribution < 1.29 is 9.90 Å². The number of nitrogens with zero attached hydrogens (tertiary/aromatic N) is 1. The SMILES string of the molecule is Cc1c(Cl)cccc1N1CC(O)CC1=O. The molecule has 1 N–H and O–H groups in total. The molecular formula is C11H12ClNO2. The normalized spacial score (nSPS) is 21.1. The second-order valence-electron chi connectivity index (χ2n) is 3.75. The Morgan fingerprint density at radius 3 is 2.87 bits per heavy atom. The van der Waals surface area contributed by atoms with E-state index in [1.807, 2.05) is 19.1 Å². The first-order valence-electron chi connectivity index (χ1n) is 4.83. The third kappa shape index (κ3) is 1.85. The molecule has 1 unspecified atom stereocenters. The van der Waals surface area contributed by atoms with Crippen LogP contribution < -0.4 is 4.90 Å². The van der Waals surface area contributed by atoms with Gasteiger partial charge in [-0.05, 0) is 24.6 Å². The van der Waals surface area contributed by atoms with Crippen molar-refractivity contribution in [2.24, 2.45) is 0 Å². The molecule has 4 heteroatoms. The molecule has 0 spiro atoms. The number of carbonyl (C=O) groups is 1. The fourth-order valence-electron chi connectivity index (χ4n) is 1.81. The van der Waals surface area contributed by atoms with Crippen molar-refractivity contribution in [3.8, 4) is 0 Å². The quantitative estimate of drug-likeness (QED) is 0.791. The highest BCUT2D eigenvalue weighted by Gasteiger charge is 2.29. The second kappa shape index (κ2) is 3.83. The first kappa shape index (κ1) is 10.5. The number of carbonyl (C=O) groups excluding carboxylic acids is 1. The summed E-state index contributed by atoms with van der Waals surface area (Å²) in [6, 6.07) is 5.44. The van der Waals surface area contributed by atoms with E-state index in [2.05, 4.69) is 0 Å². The van der Waals surface area contributed by atoms with Crippen LogP contribution in [0.15, 0.2) is 18.2 Å². The molecule has 1 amide bonds. The van der Waals surface area contributed by atoms with E-state index in [0.717, 1.165) is 11.3 Å². The highest BCUT2D eigenvalue weighted by atomic mass is 35.5. The number of rotatable bonds is 1. The molecule has 0 radical (unpaired) electrons. The number of β-amino-alcohol motifs (C(OH)–C–C–N with tert-alkyl or cyclic N) is 1. The summed E-state index contributed by atoms with van der Waals surface area (Å²) >= 11 is 5.98. The molecule has 1 fully saturated rings. The van der Waals surface area contributed by atoms with Gasteiger partial charge in [0, 0.05) is 10.7 Å². The average molecular weight is 226 g/mol. The minimum absolute atomic E-state index is 0.0483. The molecule has 1 aliphatic rings. The molecule has 80 valence electrons. The average Bonchev–Trinajstić information content (AvgIpc) is 2.50. The van der Waals surface area contributed by atoms with E-state index >= 15 is 0 Å². The van der Waals surface area contributed by atoms with Gasteiger partial charge in [0.25, 0.3) is 0 Å². The number of benzene rings is 1. The molecule has 2 rings (SSSR count). The van der Waals surface area contributed by atoms with Crippen molar-refractivity contribution in [1.29, 1.82) is 0 Å². The van der Waals surface area contributed by atoms with Gasteiger partial charge in [-0.2, -0.15) is 0 Å². The van der Waals surface area contributed by atoms with Gasteiger partial charge < -0.3 is 10.0 Å². The molecule has 1 aliphatic heterocycles. The molecule has 0 saturated carbocycles. The van der Waals surface area contributed by atoms with Crippen LogP contribution in [0.5, 0.6) is 0 Å². The number of hydrogen-bond acceptors (Lipinski definition) is 2. The Labute approximate surface area is 93.3 Å². The highest BCUT2D eigenvalue weighted by Crippen LogP contribution is 2.29. The number of aliphatic hydroxyl groups is 1. The molecule has 0 aromatic heterocycles. The molecule has 3 nitrogen and oxygen atoms in total. The maximum absolute atomic E-state index is 11.6. The fraction of sp³-hybridized carbons (Fsp3) is 0.364. The van der Waals surface area contributed by atoms with Crippen molar-refractivity contribution in [3.63, 3.8) is 0 Å². The molecular weight excluding hydrogens is 214 g/mol. The number of halogens is 1. The molecule has 0 aliphatic carbocycles. The Morgan fingerprint density at radius 2 is 2.27 bits per heavy atom. The number of aliphatic hydroxyl groups excluding tert-OH is 1. The van der Waals surface area contributed by atoms with Gasteiger partial charge in [-0.25, -0.2) is 0 Å². The van der Waals surface area contributed by atoms with Crippen LogP contribution in [0.2, 0.25) is 5.02 Å². The van der Waals surface area contributed by atoms with Crippen LogP contribution in [-0.4, -0.2) is 23.7 Å². The smallest absolute Gasteiger partial charge is 0.229 e. The van der Waals surface area contributed by atoms with E-state index in [9.17, 15) is 9.90 Å². The first-order valence-corrected chi connectivity index (χ1v) is 5.21. The van der Waals surface area contributed by atoms with Crippen molar-refractivity contribution in [3.05, 3.63) is 28.8 Å². The van der Waals surface area contributed by atoms with Gasteiger partial charge in [-0.1, -0.05) is 17.7 Å². The van der Waals surface area contributed by atoms with Gasteiger partial charge in [-0.15, -0.1) is 0 Å². The van der Waals surface area contributed by atoms with Gasteiger partial charge in [0.1, 0.15) is 0 Å². The molecule has 1 atom stereocenters. The first-order chi connectivity index (χ1) is 7.09. The van der Waals surface area contributed by atoms with Gasteiger partial charge in [-0.3, -0.25) is 4.79 Å². The standard InChI is InChI=1S/C11H12ClNO2/c1-7-9(12)3-2-4-10(7)13-6-8(14)5-11(13)15/h2-4,8,14H,5-6H2,1H3. The summed E-state index contributed by atoms with van der Waals surface area (Å²) in [6.45, 7) is 2.23. The van der Waals surface area contributed by atoms with E-state index in [1.165, 1.54) is 0 Å². The van der Waals surface area contributed by atoms with Crippen LogP contribution in [0.3, 0.4) is 0 Å². The van der Waals surface area contributed by atoms with Gasteiger partial charge in [0.2, 0.25) is 5.91 Å². The minimum Gasteiger partial charge on any atom is -0.391 e. The summed E-state index contributed by atoms with van der Waals surface area (Å²) in [4.78, 5) is 13.2. The summed E-state index contributed by atoms with van der Waals surface area (Å²) in [7, 11) is 0. The maximum atomic E-state index is 11.6. The molecule has 0 bridgehead atoms. The minimum atomic E-state index is -0.559. The summed E-state index contributed by atoms with van der Waals surface area (Å²) in [5.74, 6) is -0.0483. The zero-order chi connectivity index (χ0) is 11.0. The molecule has 1 aromatic rings. The summed E-state index contributed by atoms with van der Waals surface area (Å²) in [6.07, 6.45) is -0.359. The van der Waals surface area contributed by atoms with Crippen LogP contribution in [0.25, 0.3) is 0 Å². The maximum Gasteiger partial charge on any atom is 0.229 e. The van der Waals surface area contributed by atoms with Gasteiger partial charge in [0.15, 0.2) is 0 Å². The largest absolute Gasteiger partial charge is 0.391 e. The number of amides is 1. The number of hydrogen-bond donors (Lipinski definition) is 1. The van der Waals surface area contributed by atoms with Crippen molar-refractivity contribution >= 4 is 23.2 Å². The van der Waals surface area contributed by atoms with Crippen molar-refractivity contribution in [2.75, 3.05) is 11.4 Å². The molecule has 1 saturated heterocycles. The second-order valence-corrected chi connectivity index (χ2v) is 4.15. The van der Waals surface area contributed by atoms with E-state index in [1.54, 1.807) is 11.0 Å². The monoisotopic (exact) mass is 225 g/mol. The van der Waals surface area contributed by atoms with Crippen LogP contribution in [0.4, 0.5) is 5.69 Å². The summed E-state index contributed by atoms with van der Waals surface area (Å²) < 4.78 is 0. The van der Waals surface area contributed by atoms with Crippen molar-refractivity contribution in [2.45, 2.75) is 19.4 Å². The molecule has 1 aromatic carbocycles. The topological polar surface area (TPSA) is 40.5 Å². The Hall–Kier alpha value is -1.06. The van der Waals surface area contributed by atoms with Gasteiger partial charge in [0.05, 0.1) is 19.1 Å². The Bertz CT molecular complexity index is 406. The lowest BCUT2D eigenvalue weighted by atomic mass is 10.2. The Kier molecular flexibility index (Phi) is 2.67. The third-order valence-corrected chi connectivity index (χ3v) is 3.04. The fourth-order valence-corrected chi connectivity index (χ4v) is 1.98.